The third-order valence-corrected chi connectivity index (χ3v) is 4.77. The SMILES string of the molecule is O=C(Cc1ccc(NC(=O)c2cc3ccccc3o2)cc1)Nc1ccc(OCC(F)(F)F)cc1. The van der Waals surface area contributed by atoms with Gasteiger partial charge in [0.15, 0.2) is 12.4 Å². The van der Waals surface area contributed by atoms with Gasteiger partial charge in [0.2, 0.25) is 5.91 Å². The molecule has 0 aliphatic rings. The minimum absolute atomic E-state index is 0.0515. The molecule has 0 atom stereocenters. The number of rotatable bonds is 7. The molecule has 0 aliphatic heterocycles. The van der Waals surface area contributed by atoms with Crippen LogP contribution in [0.5, 0.6) is 5.75 Å². The van der Waals surface area contributed by atoms with Gasteiger partial charge in [0.1, 0.15) is 11.3 Å². The minimum Gasteiger partial charge on any atom is -0.484 e. The summed E-state index contributed by atoms with van der Waals surface area (Å²) in [7, 11) is 0. The third kappa shape index (κ3) is 6.16. The number of anilines is 2. The average Bonchev–Trinajstić information content (AvgIpc) is 3.24. The first-order valence-electron chi connectivity index (χ1n) is 10.2. The van der Waals surface area contributed by atoms with Gasteiger partial charge in [0.25, 0.3) is 5.91 Å². The molecular formula is C25H19F3N2O4. The number of benzene rings is 3. The van der Waals surface area contributed by atoms with Crippen LogP contribution in [0.1, 0.15) is 16.1 Å². The predicted octanol–water partition coefficient (Wildman–Crippen LogP) is 5.81. The van der Waals surface area contributed by atoms with Crippen molar-refractivity contribution in [3.8, 4) is 5.75 Å². The zero-order chi connectivity index (χ0) is 24.1. The molecule has 0 spiro atoms. The summed E-state index contributed by atoms with van der Waals surface area (Å²) in [5.41, 5.74) is 2.31. The van der Waals surface area contributed by atoms with Crippen molar-refractivity contribution in [1.29, 1.82) is 0 Å². The van der Waals surface area contributed by atoms with Crippen LogP contribution < -0.4 is 15.4 Å². The number of alkyl halides is 3. The van der Waals surface area contributed by atoms with E-state index in [0.717, 1.165) is 5.39 Å². The highest BCUT2D eigenvalue weighted by molar-refractivity contribution is 6.04. The molecule has 0 saturated carbocycles. The first-order chi connectivity index (χ1) is 16.2. The molecule has 0 bridgehead atoms. The van der Waals surface area contributed by atoms with Gasteiger partial charge >= 0.3 is 6.18 Å². The molecule has 0 fully saturated rings. The van der Waals surface area contributed by atoms with E-state index in [4.69, 9.17) is 4.42 Å². The largest absolute Gasteiger partial charge is 0.484 e. The molecule has 1 heterocycles. The van der Waals surface area contributed by atoms with Gasteiger partial charge in [-0.1, -0.05) is 30.3 Å². The lowest BCUT2D eigenvalue weighted by molar-refractivity contribution is -0.153. The maximum Gasteiger partial charge on any atom is 0.422 e. The van der Waals surface area contributed by atoms with Crippen molar-refractivity contribution in [1.82, 2.24) is 0 Å². The van der Waals surface area contributed by atoms with Gasteiger partial charge in [0, 0.05) is 16.8 Å². The highest BCUT2D eigenvalue weighted by atomic mass is 19.4. The lowest BCUT2D eigenvalue weighted by Gasteiger charge is -2.10. The maximum absolute atomic E-state index is 12.4. The van der Waals surface area contributed by atoms with Crippen molar-refractivity contribution in [2.45, 2.75) is 12.6 Å². The van der Waals surface area contributed by atoms with E-state index < -0.39 is 12.8 Å². The van der Waals surface area contributed by atoms with Gasteiger partial charge in [0.05, 0.1) is 6.42 Å². The molecule has 3 aromatic carbocycles. The van der Waals surface area contributed by atoms with Crippen LogP contribution in [0.25, 0.3) is 11.0 Å². The summed E-state index contributed by atoms with van der Waals surface area (Å²) in [6, 6.07) is 21.4. The molecule has 9 heteroatoms. The molecule has 4 aromatic rings. The van der Waals surface area contributed by atoms with Gasteiger partial charge in [-0.15, -0.1) is 0 Å². The molecule has 2 amide bonds. The number of amides is 2. The zero-order valence-electron chi connectivity index (χ0n) is 17.7. The Morgan fingerprint density at radius 1 is 0.853 bits per heavy atom. The van der Waals surface area contributed by atoms with Crippen LogP contribution >= 0.6 is 0 Å². The molecule has 1 aromatic heterocycles. The van der Waals surface area contributed by atoms with Crippen LogP contribution in [-0.2, 0) is 11.2 Å². The van der Waals surface area contributed by atoms with E-state index in [1.807, 2.05) is 18.2 Å². The summed E-state index contributed by atoms with van der Waals surface area (Å²) >= 11 is 0. The lowest BCUT2D eigenvalue weighted by atomic mass is 10.1. The standard InChI is InChI=1S/C25H19F3N2O4/c26-25(27,28)15-33-20-11-9-18(10-12-20)29-23(31)13-16-5-7-19(8-6-16)30-24(32)22-14-17-3-1-2-4-21(17)34-22/h1-12,14H,13,15H2,(H,29,31)(H,30,32). The molecule has 4 rings (SSSR count). The highest BCUT2D eigenvalue weighted by Crippen LogP contribution is 2.22. The number of carbonyl (C=O) groups excluding carboxylic acids is 2. The molecule has 0 aliphatic carbocycles. The summed E-state index contributed by atoms with van der Waals surface area (Å²) in [6.07, 6.45) is -4.34. The fourth-order valence-corrected chi connectivity index (χ4v) is 3.18. The normalized spacial score (nSPS) is 11.3. The Morgan fingerprint density at radius 2 is 1.50 bits per heavy atom. The van der Waals surface area contributed by atoms with E-state index in [0.29, 0.717) is 22.5 Å². The average molecular weight is 468 g/mol. The van der Waals surface area contributed by atoms with E-state index >= 15 is 0 Å². The summed E-state index contributed by atoms with van der Waals surface area (Å²) in [4.78, 5) is 24.7. The molecule has 0 radical (unpaired) electrons. The van der Waals surface area contributed by atoms with E-state index in [2.05, 4.69) is 15.4 Å². The molecular weight excluding hydrogens is 449 g/mol. The number of hydrogen-bond donors (Lipinski definition) is 2. The number of fused-ring (bicyclic) bond motifs is 1. The van der Waals surface area contributed by atoms with Crippen LogP contribution in [0.4, 0.5) is 24.5 Å². The van der Waals surface area contributed by atoms with E-state index in [-0.39, 0.29) is 29.7 Å². The second kappa shape index (κ2) is 9.70. The van der Waals surface area contributed by atoms with Crippen molar-refractivity contribution < 1.29 is 31.9 Å². The number of nitrogens with one attached hydrogen (secondary N) is 2. The summed E-state index contributed by atoms with van der Waals surface area (Å²) in [6.45, 7) is -1.38. The van der Waals surface area contributed by atoms with Crippen molar-refractivity contribution in [2.24, 2.45) is 0 Å². The zero-order valence-corrected chi connectivity index (χ0v) is 17.7. The van der Waals surface area contributed by atoms with Crippen molar-refractivity contribution >= 4 is 34.2 Å². The van der Waals surface area contributed by atoms with Crippen LogP contribution in [0, 0.1) is 0 Å². The number of furan rings is 1. The Kier molecular flexibility index (Phi) is 6.53. The van der Waals surface area contributed by atoms with Gasteiger partial charge in [-0.3, -0.25) is 9.59 Å². The monoisotopic (exact) mass is 468 g/mol. The van der Waals surface area contributed by atoms with E-state index in [1.54, 1.807) is 36.4 Å². The molecule has 2 N–H and O–H groups in total. The summed E-state index contributed by atoms with van der Waals surface area (Å²) in [5.74, 6) is -0.442. The second-order valence-corrected chi connectivity index (χ2v) is 7.45. The van der Waals surface area contributed by atoms with Gasteiger partial charge < -0.3 is 19.8 Å². The van der Waals surface area contributed by atoms with E-state index in [9.17, 15) is 22.8 Å². The Bertz CT molecular complexity index is 1260. The smallest absolute Gasteiger partial charge is 0.422 e. The van der Waals surface area contributed by atoms with Gasteiger partial charge in [-0.25, -0.2) is 0 Å². The minimum atomic E-state index is -4.42. The topological polar surface area (TPSA) is 80.6 Å². The third-order valence-electron chi connectivity index (χ3n) is 4.77. The van der Waals surface area contributed by atoms with Gasteiger partial charge in [-0.2, -0.15) is 13.2 Å². The van der Waals surface area contributed by atoms with Crippen LogP contribution in [0.3, 0.4) is 0 Å². The van der Waals surface area contributed by atoms with Crippen LogP contribution in [0.2, 0.25) is 0 Å². The number of ether oxygens (including phenoxy) is 1. The fourth-order valence-electron chi connectivity index (χ4n) is 3.18. The number of hydrogen-bond acceptors (Lipinski definition) is 4. The Balaban J connectivity index is 1.29. The second-order valence-electron chi connectivity index (χ2n) is 7.45. The van der Waals surface area contributed by atoms with Crippen molar-refractivity contribution in [3.63, 3.8) is 0 Å². The molecule has 0 unspecified atom stereocenters. The molecule has 6 nitrogen and oxygen atoms in total. The van der Waals surface area contributed by atoms with Crippen LogP contribution in [-0.4, -0.2) is 24.6 Å². The summed E-state index contributed by atoms with van der Waals surface area (Å²) < 4.78 is 46.8. The van der Waals surface area contributed by atoms with Crippen LogP contribution in [0.15, 0.2) is 83.3 Å². The summed E-state index contributed by atoms with van der Waals surface area (Å²) in [5, 5.41) is 6.25. The first kappa shape index (κ1) is 22.9. The van der Waals surface area contributed by atoms with Crippen molar-refractivity contribution in [2.75, 3.05) is 17.2 Å². The molecule has 0 saturated heterocycles. The Labute approximate surface area is 192 Å². The maximum atomic E-state index is 12.4. The van der Waals surface area contributed by atoms with Gasteiger partial charge in [-0.05, 0) is 54.1 Å². The fraction of sp³-hybridized carbons (Fsp3) is 0.120. The first-order valence-corrected chi connectivity index (χ1v) is 10.2. The number of halogens is 3. The van der Waals surface area contributed by atoms with Crippen molar-refractivity contribution in [3.05, 3.63) is 90.2 Å². The Morgan fingerprint density at radius 3 is 2.18 bits per heavy atom. The highest BCUT2D eigenvalue weighted by Gasteiger charge is 2.28. The quantitative estimate of drug-likeness (QED) is 0.359. The number of para-hydroxylation sites is 1. The lowest BCUT2D eigenvalue weighted by Crippen LogP contribution is -2.19. The predicted molar refractivity (Wildman–Crippen MR) is 121 cm³/mol. The molecule has 174 valence electrons. The van der Waals surface area contributed by atoms with E-state index in [1.165, 1.54) is 24.3 Å². The Hall–Kier alpha value is -4.27. The molecule has 34 heavy (non-hydrogen) atoms. The number of carbonyl (C=O) groups is 2.